The van der Waals surface area contributed by atoms with Crippen molar-refractivity contribution in [3.05, 3.63) is 29.5 Å². The van der Waals surface area contributed by atoms with E-state index in [2.05, 4.69) is 5.73 Å². The molecule has 2 nitrogen and oxygen atoms in total. The Bertz CT molecular complexity index is 207. The van der Waals surface area contributed by atoms with E-state index in [0.29, 0.717) is 5.57 Å². The van der Waals surface area contributed by atoms with Crippen LogP contribution in [-0.2, 0) is 4.79 Å². The molecule has 0 aromatic carbocycles. The van der Waals surface area contributed by atoms with Crippen LogP contribution in [0.15, 0.2) is 29.5 Å². The molecule has 8 heavy (non-hydrogen) atoms. The summed E-state index contributed by atoms with van der Waals surface area (Å²) in [4.78, 5) is 10.3. The zero-order chi connectivity index (χ0) is 5.98. The van der Waals surface area contributed by atoms with E-state index in [4.69, 9.17) is 5.73 Å². The minimum atomic E-state index is -0.421. The van der Waals surface area contributed by atoms with Crippen molar-refractivity contribution in [2.45, 2.75) is 0 Å². The largest absolute Gasteiger partial charge is 0.365 e. The summed E-state index contributed by atoms with van der Waals surface area (Å²) in [5, 5.41) is 0. The van der Waals surface area contributed by atoms with E-state index in [9.17, 15) is 4.79 Å². The van der Waals surface area contributed by atoms with Crippen LogP contribution < -0.4 is 5.73 Å². The number of carbonyl (C=O) groups excluding carboxylic acids is 1. The maximum atomic E-state index is 10.3. The van der Waals surface area contributed by atoms with E-state index in [1.54, 1.807) is 18.2 Å². The monoisotopic (exact) mass is 107 g/mol. The fourth-order valence-electron chi connectivity index (χ4n) is 0.484. The van der Waals surface area contributed by atoms with Gasteiger partial charge in [0.05, 0.1) is 5.57 Å². The van der Waals surface area contributed by atoms with Crippen molar-refractivity contribution in [1.29, 1.82) is 0 Å². The average Bonchev–Trinajstić information content (AvgIpc) is 2.12. The zero-order valence-electron chi connectivity index (χ0n) is 4.22. The van der Waals surface area contributed by atoms with Gasteiger partial charge >= 0.3 is 0 Å². The molecular weight excluding hydrogens is 102 g/mol. The molecule has 0 saturated carbocycles. The molecule has 40 valence electrons. The third kappa shape index (κ3) is 0.695. The lowest BCUT2D eigenvalue weighted by molar-refractivity contribution is -0.114. The highest BCUT2D eigenvalue weighted by molar-refractivity contribution is 5.95. The van der Waals surface area contributed by atoms with Crippen LogP contribution >= 0.6 is 0 Å². The van der Waals surface area contributed by atoms with E-state index >= 15 is 0 Å². The average molecular weight is 107 g/mol. The van der Waals surface area contributed by atoms with Crippen LogP contribution in [0.2, 0.25) is 0 Å². The topological polar surface area (TPSA) is 43.1 Å². The molecule has 0 saturated heterocycles. The van der Waals surface area contributed by atoms with Crippen LogP contribution in [-0.4, -0.2) is 5.91 Å². The van der Waals surface area contributed by atoms with Crippen LogP contribution in [0.25, 0.3) is 0 Å². The first kappa shape index (κ1) is 4.88. The van der Waals surface area contributed by atoms with Crippen molar-refractivity contribution in [1.82, 2.24) is 0 Å². The van der Waals surface area contributed by atoms with E-state index < -0.39 is 5.91 Å². The minimum Gasteiger partial charge on any atom is -0.365 e. The normalized spacial score (nSPS) is 14.2. The lowest BCUT2D eigenvalue weighted by Gasteiger charge is -1.82. The molecule has 0 atom stereocenters. The van der Waals surface area contributed by atoms with Crippen LogP contribution in [0.5, 0.6) is 0 Å². The van der Waals surface area contributed by atoms with Crippen molar-refractivity contribution in [2.24, 2.45) is 5.73 Å². The predicted molar refractivity (Wildman–Crippen MR) is 29.9 cm³/mol. The molecule has 0 heterocycles. The van der Waals surface area contributed by atoms with Crippen molar-refractivity contribution in [3.63, 3.8) is 0 Å². The second-order valence-corrected chi connectivity index (χ2v) is 1.45. The molecule has 2 heteroatoms. The third-order valence-electron chi connectivity index (χ3n) is 0.863. The van der Waals surface area contributed by atoms with E-state index in [1.807, 2.05) is 0 Å². The Morgan fingerprint density at radius 3 is 2.75 bits per heavy atom. The molecular formula is C6H5NO. The summed E-state index contributed by atoms with van der Waals surface area (Å²) < 4.78 is 0. The Balaban J connectivity index is 2.90. The summed E-state index contributed by atoms with van der Waals surface area (Å²) in [6, 6.07) is 0. The zero-order valence-corrected chi connectivity index (χ0v) is 4.22. The molecule has 1 aliphatic rings. The lowest BCUT2D eigenvalue weighted by Crippen LogP contribution is -2.10. The number of allylic oxidation sites excluding steroid dienone is 1. The molecule has 0 aromatic heterocycles. The molecule has 2 N–H and O–H groups in total. The highest BCUT2D eigenvalue weighted by Gasteiger charge is 1.98. The Morgan fingerprint density at radius 2 is 2.50 bits per heavy atom. The summed E-state index contributed by atoms with van der Waals surface area (Å²) in [6.45, 7) is 0. The van der Waals surface area contributed by atoms with Gasteiger partial charge in [0.25, 0.3) is 5.91 Å². The van der Waals surface area contributed by atoms with Crippen LogP contribution in [0.1, 0.15) is 0 Å². The summed E-state index contributed by atoms with van der Waals surface area (Å²) in [5.41, 5.74) is 8.00. The van der Waals surface area contributed by atoms with Gasteiger partial charge in [-0.15, -0.1) is 5.73 Å². The van der Waals surface area contributed by atoms with Crippen molar-refractivity contribution in [3.8, 4) is 0 Å². The van der Waals surface area contributed by atoms with Crippen LogP contribution in [0.3, 0.4) is 0 Å². The Kier molecular flexibility index (Phi) is 1.03. The predicted octanol–water partition coefficient (Wildman–Crippen LogP) is 0.123. The number of hydrogen-bond acceptors (Lipinski definition) is 1. The highest BCUT2D eigenvalue weighted by atomic mass is 16.1. The van der Waals surface area contributed by atoms with E-state index in [0.717, 1.165) is 0 Å². The molecule has 1 amide bonds. The van der Waals surface area contributed by atoms with Gasteiger partial charge in [0.1, 0.15) is 0 Å². The first-order valence-electron chi connectivity index (χ1n) is 2.24. The third-order valence-corrected chi connectivity index (χ3v) is 0.863. The first-order valence-corrected chi connectivity index (χ1v) is 2.24. The summed E-state index contributed by atoms with van der Waals surface area (Å²) in [7, 11) is 0. The lowest BCUT2D eigenvalue weighted by atomic mass is 10.3. The van der Waals surface area contributed by atoms with Crippen molar-refractivity contribution >= 4 is 5.91 Å². The van der Waals surface area contributed by atoms with Crippen molar-refractivity contribution < 1.29 is 4.79 Å². The summed E-state index contributed by atoms with van der Waals surface area (Å²) in [6.07, 6.45) is 5.00. The van der Waals surface area contributed by atoms with Gasteiger partial charge in [0.15, 0.2) is 0 Å². The van der Waals surface area contributed by atoms with E-state index in [1.165, 1.54) is 0 Å². The first-order chi connectivity index (χ1) is 3.80. The number of amides is 1. The highest BCUT2D eigenvalue weighted by Crippen LogP contribution is 1.98. The van der Waals surface area contributed by atoms with Crippen molar-refractivity contribution in [2.75, 3.05) is 0 Å². The minimum absolute atomic E-state index is 0.421. The standard InChI is InChI=1S/C6H5NO/c7-6(8)5-3-1-2-4-5/h1-3H,(H2,7,8). The van der Waals surface area contributed by atoms with Gasteiger partial charge in [-0.2, -0.15) is 0 Å². The Morgan fingerprint density at radius 1 is 1.75 bits per heavy atom. The molecule has 0 bridgehead atoms. The van der Waals surface area contributed by atoms with Gasteiger partial charge in [-0.25, -0.2) is 0 Å². The number of nitrogens with two attached hydrogens (primary N) is 1. The number of hydrogen-bond donors (Lipinski definition) is 1. The maximum Gasteiger partial charge on any atom is 0.256 e. The smallest absolute Gasteiger partial charge is 0.256 e. The fourth-order valence-corrected chi connectivity index (χ4v) is 0.484. The Labute approximate surface area is 47.0 Å². The molecule has 0 spiro atoms. The second kappa shape index (κ2) is 1.68. The Hall–Kier alpha value is -1.27. The summed E-state index contributed by atoms with van der Waals surface area (Å²) >= 11 is 0. The maximum absolute atomic E-state index is 10.3. The van der Waals surface area contributed by atoms with Gasteiger partial charge < -0.3 is 5.73 Å². The molecule has 0 aromatic rings. The SMILES string of the molecule is NC(=O)C1=C=CC=C1. The fraction of sp³-hybridized carbons (Fsp3) is 0. The van der Waals surface area contributed by atoms with Gasteiger partial charge in [-0.1, -0.05) is 6.08 Å². The van der Waals surface area contributed by atoms with Gasteiger partial charge in [0, 0.05) is 0 Å². The molecule has 0 aliphatic heterocycles. The summed E-state index contributed by atoms with van der Waals surface area (Å²) in [5.74, 6) is -0.421. The number of rotatable bonds is 1. The van der Waals surface area contributed by atoms with Gasteiger partial charge in [-0.3, -0.25) is 4.79 Å². The molecule has 1 rings (SSSR count). The second-order valence-electron chi connectivity index (χ2n) is 1.45. The van der Waals surface area contributed by atoms with Gasteiger partial charge in [0.2, 0.25) is 0 Å². The van der Waals surface area contributed by atoms with Crippen LogP contribution in [0.4, 0.5) is 0 Å². The molecule has 0 radical (unpaired) electrons. The number of carbonyl (C=O) groups is 1. The quantitative estimate of drug-likeness (QED) is 0.475. The van der Waals surface area contributed by atoms with E-state index in [-0.39, 0.29) is 0 Å². The molecule has 1 aliphatic carbocycles. The van der Waals surface area contributed by atoms with Gasteiger partial charge in [-0.05, 0) is 12.2 Å². The molecule has 0 fully saturated rings. The van der Waals surface area contributed by atoms with Crippen LogP contribution in [0, 0.1) is 0 Å². The molecule has 0 unspecified atom stereocenters. The number of primary amides is 1.